The third-order valence-electron chi connectivity index (χ3n) is 3.88. The maximum atomic E-state index is 11.5. The molecule has 0 bridgehead atoms. The number of thiocarbonyl (C=S) groups is 1. The maximum absolute atomic E-state index is 11.5. The molecule has 0 aromatic heterocycles. The summed E-state index contributed by atoms with van der Waals surface area (Å²) in [6.45, 7) is 2.48. The second kappa shape index (κ2) is 6.28. The number of rotatable bonds is 2. The van der Waals surface area contributed by atoms with Crippen molar-refractivity contribution in [2.24, 2.45) is 0 Å². The SMILES string of the molecule is CC(=O)c1cccc(NC(=S)N2CCCc3ccccc32)c1. The number of nitrogens with zero attached hydrogens (tertiary/aromatic N) is 1. The lowest BCUT2D eigenvalue weighted by molar-refractivity contribution is 0.101. The molecule has 1 N–H and O–H groups in total. The minimum absolute atomic E-state index is 0.0536. The smallest absolute Gasteiger partial charge is 0.177 e. The molecule has 0 amide bonds. The lowest BCUT2D eigenvalue weighted by Gasteiger charge is -2.31. The van der Waals surface area contributed by atoms with Crippen LogP contribution in [0.25, 0.3) is 0 Å². The van der Waals surface area contributed by atoms with E-state index in [1.807, 2.05) is 30.3 Å². The molecule has 0 saturated heterocycles. The summed E-state index contributed by atoms with van der Waals surface area (Å²) in [7, 11) is 0. The number of para-hydroxylation sites is 1. The van der Waals surface area contributed by atoms with Crippen molar-refractivity contribution in [1.29, 1.82) is 0 Å². The number of hydrogen-bond donors (Lipinski definition) is 1. The number of Topliss-reactive ketones (excluding diaryl/α,β-unsaturated/α-hetero) is 1. The van der Waals surface area contributed by atoms with Gasteiger partial charge in [0.25, 0.3) is 0 Å². The molecule has 0 fully saturated rings. The van der Waals surface area contributed by atoms with Crippen molar-refractivity contribution in [2.45, 2.75) is 19.8 Å². The molecule has 4 heteroatoms. The van der Waals surface area contributed by atoms with Crippen LogP contribution in [-0.4, -0.2) is 17.4 Å². The fraction of sp³-hybridized carbons (Fsp3) is 0.222. The highest BCUT2D eigenvalue weighted by Gasteiger charge is 2.19. The molecule has 22 heavy (non-hydrogen) atoms. The zero-order chi connectivity index (χ0) is 15.5. The van der Waals surface area contributed by atoms with Crippen molar-refractivity contribution < 1.29 is 4.79 Å². The van der Waals surface area contributed by atoms with Gasteiger partial charge in [-0.05, 0) is 55.7 Å². The lowest BCUT2D eigenvalue weighted by Crippen LogP contribution is -2.38. The Morgan fingerprint density at radius 3 is 2.82 bits per heavy atom. The van der Waals surface area contributed by atoms with E-state index in [-0.39, 0.29) is 5.78 Å². The van der Waals surface area contributed by atoms with Gasteiger partial charge in [-0.15, -0.1) is 0 Å². The fourth-order valence-electron chi connectivity index (χ4n) is 2.75. The van der Waals surface area contributed by atoms with Crippen molar-refractivity contribution in [2.75, 3.05) is 16.8 Å². The standard InChI is InChI=1S/C18H18N2OS/c1-13(21)15-7-4-9-16(12-15)19-18(22)20-11-5-8-14-6-2-3-10-17(14)20/h2-4,6-7,9-10,12H,5,8,11H2,1H3,(H,19,22). The van der Waals surface area contributed by atoms with Gasteiger partial charge >= 0.3 is 0 Å². The molecule has 112 valence electrons. The number of nitrogens with one attached hydrogen (secondary N) is 1. The number of benzene rings is 2. The van der Waals surface area contributed by atoms with E-state index in [2.05, 4.69) is 28.4 Å². The van der Waals surface area contributed by atoms with E-state index in [4.69, 9.17) is 12.2 Å². The van der Waals surface area contributed by atoms with Gasteiger partial charge in [0, 0.05) is 23.5 Å². The molecule has 1 heterocycles. The summed E-state index contributed by atoms with van der Waals surface area (Å²) in [6, 6.07) is 15.8. The van der Waals surface area contributed by atoms with E-state index < -0.39 is 0 Å². The van der Waals surface area contributed by atoms with E-state index >= 15 is 0 Å². The maximum Gasteiger partial charge on any atom is 0.177 e. The van der Waals surface area contributed by atoms with E-state index in [1.165, 1.54) is 11.3 Å². The number of anilines is 2. The van der Waals surface area contributed by atoms with Gasteiger partial charge < -0.3 is 10.2 Å². The van der Waals surface area contributed by atoms with E-state index in [1.54, 1.807) is 6.92 Å². The second-order valence-electron chi connectivity index (χ2n) is 5.45. The second-order valence-corrected chi connectivity index (χ2v) is 5.84. The van der Waals surface area contributed by atoms with Crippen molar-refractivity contribution in [3.8, 4) is 0 Å². The first kappa shape index (κ1) is 14.7. The normalized spacial score (nSPS) is 13.4. The lowest BCUT2D eigenvalue weighted by atomic mass is 10.0. The van der Waals surface area contributed by atoms with Crippen LogP contribution in [0.2, 0.25) is 0 Å². The Hall–Kier alpha value is -2.20. The molecule has 1 aliphatic rings. The first-order chi connectivity index (χ1) is 10.6. The largest absolute Gasteiger partial charge is 0.332 e. The molecule has 0 spiro atoms. The number of hydrogen-bond acceptors (Lipinski definition) is 2. The molecule has 0 radical (unpaired) electrons. The highest BCUT2D eigenvalue weighted by Crippen LogP contribution is 2.27. The molecule has 0 atom stereocenters. The van der Waals surface area contributed by atoms with Crippen LogP contribution in [0.15, 0.2) is 48.5 Å². The fourth-order valence-corrected chi connectivity index (χ4v) is 3.06. The summed E-state index contributed by atoms with van der Waals surface area (Å²) in [6.07, 6.45) is 2.18. The summed E-state index contributed by atoms with van der Waals surface area (Å²) in [4.78, 5) is 13.6. The topological polar surface area (TPSA) is 32.3 Å². The monoisotopic (exact) mass is 310 g/mol. The van der Waals surface area contributed by atoms with Gasteiger partial charge in [0.1, 0.15) is 0 Å². The van der Waals surface area contributed by atoms with Crippen LogP contribution >= 0.6 is 12.2 Å². The molecule has 3 rings (SSSR count). The van der Waals surface area contributed by atoms with Crippen molar-refractivity contribution >= 4 is 34.5 Å². The number of ketones is 1. The predicted molar refractivity (Wildman–Crippen MR) is 94.8 cm³/mol. The van der Waals surface area contributed by atoms with Crippen LogP contribution in [0.5, 0.6) is 0 Å². The Bertz CT molecular complexity index is 727. The van der Waals surface area contributed by atoms with Gasteiger partial charge in [0.15, 0.2) is 10.9 Å². The predicted octanol–water partition coefficient (Wildman–Crippen LogP) is 4.04. The highest BCUT2D eigenvalue weighted by molar-refractivity contribution is 7.80. The molecular formula is C18H18N2OS. The summed E-state index contributed by atoms with van der Waals surface area (Å²) >= 11 is 5.57. The zero-order valence-electron chi connectivity index (χ0n) is 12.5. The Balaban J connectivity index is 1.81. The molecule has 0 saturated carbocycles. The number of carbonyl (C=O) groups is 1. The van der Waals surface area contributed by atoms with Crippen LogP contribution in [0, 0.1) is 0 Å². The van der Waals surface area contributed by atoms with Crippen LogP contribution in [0.1, 0.15) is 29.3 Å². The minimum atomic E-state index is 0.0536. The number of fused-ring (bicyclic) bond motifs is 1. The van der Waals surface area contributed by atoms with E-state index in [9.17, 15) is 4.79 Å². The summed E-state index contributed by atoms with van der Waals surface area (Å²) in [5.74, 6) is 0.0536. The molecule has 0 unspecified atom stereocenters. The average Bonchev–Trinajstić information content (AvgIpc) is 2.54. The Morgan fingerprint density at radius 2 is 2.00 bits per heavy atom. The van der Waals surface area contributed by atoms with Gasteiger partial charge in [-0.25, -0.2) is 0 Å². The van der Waals surface area contributed by atoms with E-state index in [0.29, 0.717) is 10.7 Å². The minimum Gasteiger partial charge on any atom is -0.332 e. The Kier molecular flexibility index (Phi) is 4.20. The third-order valence-corrected chi connectivity index (χ3v) is 4.20. The van der Waals surface area contributed by atoms with Gasteiger partial charge in [-0.1, -0.05) is 30.3 Å². The van der Waals surface area contributed by atoms with Crippen molar-refractivity contribution in [1.82, 2.24) is 0 Å². The molecule has 2 aromatic carbocycles. The first-order valence-electron chi connectivity index (χ1n) is 7.42. The van der Waals surface area contributed by atoms with Gasteiger partial charge in [0.2, 0.25) is 0 Å². The molecule has 3 nitrogen and oxygen atoms in total. The molecular weight excluding hydrogens is 292 g/mol. The summed E-state index contributed by atoms with van der Waals surface area (Å²) in [5.41, 5.74) is 4.04. The quantitative estimate of drug-likeness (QED) is 0.670. The van der Waals surface area contributed by atoms with Crippen LogP contribution in [0.3, 0.4) is 0 Å². The highest BCUT2D eigenvalue weighted by atomic mass is 32.1. The van der Waals surface area contributed by atoms with E-state index in [0.717, 1.165) is 25.1 Å². The molecule has 2 aromatic rings. The first-order valence-corrected chi connectivity index (χ1v) is 7.83. The Labute approximate surface area is 136 Å². The van der Waals surface area contributed by atoms with Crippen molar-refractivity contribution in [3.05, 3.63) is 59.7 Å². The van der Waals surface area contributed by atoms with Gasteiger partial charge in [-0.3, -0.25) is 4.79 Å². The van der Waals surface area contributed by atoms with Crippen LogP contribution in [-0.2, 0) is 6.42 Å². The van der Waals surface area contributed by atoms with Crippen molar-refractivity contribution in [3.63, 3.8) is 0 Å². The van der Waals surface area contributed by atoms with Gasteiger partial charge in [-0.2, -0.15) is 0 Å². The van der Waals surface area contributed by atoms with Crippen LogP contribution < -0.4 is 10.2 Å². The summed E-state index contributed by atoms with van der Waals surface area (Å²) in [5, 5.41) is 3.93. The Morgan fingerprint density at radius 1 is 1.18 bits per heavy atom. The molecule has 0 aliphatic carbocycles. The number of aryl methyl sites for hydroxylation is 1. The number of carbonyl (C=O) groups excluding carboxylic acids is 1. The van der Waals surface area contributed by atoms with Crippen LogP contribution in [0.4, 0.5) is 11.4 Å². The third kappa shape index (κ3) is 3.02. The zero-order valence-corrected chi connectivity index (χ0v) is 13.3. The average molecular weight is 310 g/mol. The summed E-state index contributed by atoms with van der Waals surface area (Å²) < 4.78 is 0. The molecule has 1 aliphatic heterocycles. The van der Waals surface area contributed by atoms with Gasteiger partial charge in [0.05, 0.1) is 0 Å².